The normalized spacial score (nSPS) is 14.7. The Kier molecular flexibility index (Phi) is 2.54. The van der Waals surface area contributed by atoms with Gasteiger partial charge in [0.15, 0.2) is 0 Å². The van der Waals surface area contributed by atoms with Crippen LogP contribution in [0.5, 0.6) is 0 Å². The lowest BCUT2D eigenvalue weighted by atomic mass is 10.1. The van der Waals surface area contributed by atoms with Gasteiger partial charge in [-0.1, -0.05) is 6.07 Å². The summed E-state index contributed by atoms with van der Waals surface area (Å²) in [5.74, 6) is -0.0180. The average molecular weight is 203 g/mol. The monoisotopic (exact) mass is 203 g/mol. The van der Waals surface area contributed by atoms with Gasteiger partial charge in [0.05, 0.1) is 12.9 Å². The second kappa shape index (κ2) is 3.85. The molecule has 1 aliphatic rings. The van der Waals surface area contributed by atoms with Crippen molar-refractivity contribution in [2.24, 2.45) is 0 Å². The summed E-state index contributed by atoms with van der Waals surface area (Å²) in [6.45, 7) is 4.49. The summed E-state index contributed by atoms with van der Waals surface area (Å²) in [5.41, 5.74) is 3.23. The highest BCUT2D eigenvalue weighted by Crippen LogP contribution is 2.16. The lowest BCUT2D eigenvalue weighted by Crippen LogP contribution is -2.06. The molecule has 3 heteroatoms. The molecule has 0 unspecified atom stereocenters. The van der Waals surface area contributed by atoms with Gasteiger partial charge in [-0.3, -0.25) is 4.79 Å². The minimum atomic E-state index is -0.0180. The second-order valence-corrected chi connectivity index (χ2v) is 3.69. The Labute approximate surface area is 88.8 Å². The zero-order valence-corrected chi connectivity index (χ0v) is 8.91. The van der Waals surface area contributed by atoms with E-state index in [1.807, 2.05) is 19.9 Å². The summed E-state index contributed by atoms with van der Waals surface area (Å²) in [7, 11) is 0. The van der Waals surface area contributed by atoms with Crippen LogP contribution in [-0.2, 0) is 4.74 Å². The third kappa shape index (κ3) is 1.91. The van der Waals surface area contributed by atoms with Crippen LogP contribution in [0.1, 0.15) is 28.2 Å². The summed E-state index contributed by atoms with van der Waals surface area (Å²) in [4.78, 5) is 16.2. The molecule has 0 saturated carbocycles. The zero-order valence-electron chi connectivity index (χ0n) is 8.91. The number of carbonyl (C=O) groups is 1. The van der Waals surface area contributed by atoms with Crippen LogP contribution in [0.15, 0.2) is 24.0 Å². The number of aryl methyl sites for hydroxylation is 2. The topological polar surface area (TPSA) is 39.2 Å². The van der Waals surface area contributed by atoms with Crippen molar-refractivity contribution < 1.29 is 9.53 Å². The van der Waals surface area contributed by atoms with E-state index in [4.69, 9.17) is 4.74 Å². The molecule has 0 atom stereocenters. The number of hydrogen-bond donors (Lipinski definition) is 0. The van der Waals surface area contributed by atoms with E-state index < -0.39 is 0 Å². The summed E-state index contributed by atoms with van der Waals surface area (Å²) < 4.78 is 5.04. The zero-order chi connectivity index (χ0) is 10.8. The average Bonchev–Trinajstić information content (AvgIpc) is 2.74. The highest BCUT2D eigenvalue weighted by Gasteiger charge is 2.17. The van der Waals surface area contributed by atoms with Crippen LogP contribution >= 0.6 is 0 Å². The summed E-state index contributed by atoms with van der Waals surface area (Å²) >= 11 is 0. The third-order valence-corrected chi connectivity index (χ3v) is 2.59. The van der Waals surface area contributed by atoms with E-state index in [9.17, 15) is 4.79 Å². The summed E-state index contributed by atoms with van der Waals surface area (Å²) in [6, 6.07) is 3.69. The number of hydrogen-bond acceptors (Lipinski definition) is 3. The number of pyridine rings is 1. The van der Waals surface area contributed by atoms with Crippen LogP contribution in [0.25, 0.3) is 0 Å². The molecule has 3 nitrogen and oxygen atoms in total. The number of nitrogens with zero attached hydrogens (tertiary/aromatic N) is 1. The molecule has 2 rings (SSSR count). The minimum absolute atomic E-state index is 0.0180. The predicted molar refractivity (Wildman–Crippen MR) is 56.7 cm³/mol. The van der Waals surface area contributed by atoms with Gasteiger partial charge in [-0.05, 0) is 25.5 Å². The Morgan fingerprint density at radius 3 is 2.80 bits per heavy atom. The molecule has 0 fully saturated rings. The van der Waals surface area contributed by atoms with E-state index in [1.54, 1.807) is 12.3 Å². The van der Waals surface area contributed by atoms with Gasteiger partial charge in [-0.2, -0.15) is 0 Å². The maximum atomic E-state index is 11.9. The van der Waals surface area contributed by atoms with E-state index >= 15 is 0 Å². The van der Waals surface area contributed by atoms with E-state index in [0.29, 0.717) is 24.3 Å². The maximum Gasteiger partial charge on any atom is 0.210 e. The molecule has 0 spiro atoms. The van der Waals surface area contributed by atoms with Gasteiger partial charge in [0.1, 0.15) is 5.69 Å². The second-order valence-electron chi connectivity index (χ2n) is 3.69. The van der Waals surface area contributed by atoms with Gasteiger partial charge in [0, 0.05) is 17.7 Å². The number of ether oxygens (including phenoxy) is 1. The molecular formula is C12H13NO2. The van der Waals surface area contributed by atoms with Crippen LogP contribution in [0.4, 0.5) is 0 Å². The molecule has 15 heavy (non-hydrogen) atoms. The van der Waals surface area contributed by atoms with E-state index in [1.165, 1.54) is 0 Å². The Hall–Kier alpha value is -1.64. The van der Waals surface area contributed by atoms with E-state index in [0.717, 1.165) is 11.3 Å². The van der Waals surface area contributed by atoms with Crippen molar-refractivity contribution >= 4 is 5.78 Å². The van der Waals surface area contributed by atoms with Crippen LogP contribution in [-0.4, -0.2) is 17.4 Å². The maximum absolute atomic E-state index is 11.9. The SMILES string of the molecule is Cc1ccc(C(=O)C2=COCC2)nc1C. The molecule has 0 amide bonds. The molecule has 0 aromatic carbocycles. The highest BCUT2D eigenvalue weighted by molar-refractivity contribution is 6.07. The lowest BCUT2D eigenvalue weighted by Gasteiger charge is -2.03. The van der Waals surface area contributed by atoms with Crippen LogP contribution in [0, 0.1) is 13.8 Å². The van der Waals surface area contributed by atoms with Crippen LogP contribution in [0.2, 0.25) is 0 Å². The molecule has 0 saturated heterocycles. The van der Waals surface area contributed by atoms with Crippen LogP contribution in [0.3, 0.4) is 0 Å². The van der Waals surface area contributed by atoms with Gasteiger partial charge in [0.25, 0.3) is 0 Å². The number of carbonyl (C=O) groups excluding carboxylic acids is 1. The van der Waals surface area contributed by atoms with Crippen LogP contribution < -0.4 is 0 Å². The molecule has 0 bridgehead atoms. The smallest absolute Gasteiger partial charge is 0.210 e. The third-order valence-electron chi connectivity index (χ3n) is 2.59. The molecule has 0 radical (unpaired) electrons. The number of rotatable bonds is 2. The van der Waals surface area contributed by atoms with Gasteiger partial charge in [0.2, 0.25) is 5.78 Å². The first-order valence-electron chi connectivity index (χ1n) is 4.98. The van der Waals surface area contributed by atoms with Crippen molar-refractivity contribution in [1.82, 2.24) is 4.98 Å². The van der Waals surface area contributed by atoms with Crippen molar-refractivity contribution in [3.05, 3.63) is 40.9 Å². The predicted octanol–water partition coefficient (Wildman–Crippen LogP) is 2.19. The molecule has 1 aliphatic heterocycles. The largest absolute Gasteiger partial charge is 0.500 e. The number of ketones is 1. The Morgan fingerprint density at radius 2 is 2.20 bits per heavy atom. The van der Waals surface area contributed by atoms with Gasteiger partial charge < -0.3 is 4.74 Å². The fourth-order valence-electron chi connectivity index (χ4n) is 1.48. The summed E-state index contributed by atoms with van der Waals surface area (Å²) in [5, 5.41) is 0. The molecule has 0 aliphatic carbocycles. The fourth-order valence-corrected chi connectivity index (χ4v) is 1.48. The molecule has 2 heterocycles. The molecular weight excluding hydrogens is 190 g/mol. The first-order valence-corrected chi connectivity index (χ1v) is 4.98. The quantitative estimate of drug-likeness (QED) is 0.691. The Bertz CT molecular complexity index is 435. The van der Waals surface area contributed by atoms with Crippen molar-refractivity contribution in [3.63, 3.8) is 0 Å². The van der Waals surface area contributed by atoms with Gasteiger partial charge >= 0.3 is 0 Å². The highest BCUT2D eigenvalue weighted by atomic mass is 16.5. The molecule has 1 aromatic rings. The molecule has 1 aromatic heterocycles. The lowest BCUT2D eigenvalue weighted by molar-refractivity contribution is 0.102. The first kappa shape index (κ1) is 9.90. The number of aromatic nitrogens is 1. The van der Waals surface area contributed by atoms with Crippen molar-refractivity contribution in [3.8, 4) is 0 Å². The Balaban J connectivity index is 2.29. The van der Waals surface area contributed by atoms with Crippen molar-refractivity contribution in [2.75, 3.05) is 6.61 Å². The van der Waals surface area contributed by atoms with Gasteiger partial charge in [-0.15, -0.1) is 0 Å². The van der Waals surface area contributed by atoms with Crippen molar-refractivity contribution in [2.45, 2.75) is 20.3 Å². The van der Waals surface area contributed by atoms with E-state index in [2.05, 4.69) is 4.98 Å². The molecule has 0 N–H and O–H groups in total. The first-order chi connectivity index (χ1) is 7.18. The fraction of sp³-hybridized carbons (Fsp3) is 0.333. The molecule has 78 valence electrons. The van der Waals surface area contributed by atoms with E-state index in [-0.39, 0.29) is 5.78 Å². The standard InChI is InChI=1S/C12H13NO2/c1-8-3-4-11(13-9(8)2)12(14)10-5-6-15-7-10/h3-4,7H,5-6H2,1-2H3. The number of Topliss-reactive ketones (excluding diaryl/α,β-unsaturated/α-hetero) is 1. The Morgan fingerprint density at radius 1 is 1.40 bits per heavy atom. The van der Waals surface area contributed by atoms with Gasteiger partial charge in [-0.25, -0.2) is 4.98 Å². The van der Waals surface area contributed by atoms with Crippen molar-refractivity contribution in [1.29, 1.82) is 0 Å². The summed E-state index contributed by atoms with van der Waals surface area (Å²) in [6.07, 6.45) is 2.23. The minimum Gasteiger partial charge on any atom is -0.500 e.